The molecule has 0 amide bonds. The summed E-state index contributed by atoms with van der Waals surface area (Å²) in [5, 5.41) is 8.26. The van der Waals surface area contributed by atoms with Crippen molar-refractivity contribution >= 4 is 5.97 Å². The molecular weight excluding hydrogens is 152 g/mol. The van der Waals surface area contributed by atoms with E-state index in [0.717, 1.165) is 4.57 Å². The molecule has 6 nitrogen and oxygen atoms in total. The van der Waals surface area contributed by atoms with Crippen molar-refractivity contribution in [2.75, 3.05) is 0 Å². The van der Waals surface area contributed by atoms with Crippen LogP contribution in [0.25, 0.3) is 0 Å². The highest BCUT2D eigenvalue weighted by molar-refractivity contribution is 5.72. The molecule has 6 heteroatoms. The lowest BCUT2D eigenvalue weighted by atomic mass is 10.3. The van der Waals surface area contributed by atoms with Crippen LogP contribution in [-0.4, -0.2) is 21.7 Å². The molecule has 1 atom stereocenters. The first-order valence-electron chi connectivity index (χ1n) is 2.88. The van der Waals surface area contributed by atoms with Crippen molar-refractivity contribution in [3.63, 3.8) is 0 Å². The van der Waals surface area contributed by atoms with Crippen LogP contribution in [0.15, 0.2) is 9.59 Å². The summed E-state index contributed by atoms with van der Waals surface area (Å²) in [6.45, 7) is -0.229. The van der Waals surface area contributed by atoms with Gasteiger partial charge in [0.05, 0.1) is 6.54 Å². The Morgan fingerprint density at radius 3 is 2.27 bits per heavy atom. The monoisotopic (exact) mass is 158 g/mol. The van der Waals surface area contributed by atoms with E-state index >= 15 is 0 Å². The molecule has 0 aliphatic heterocycles. The minimum atomic E-state index is -1.22. The molecule has 0 bridgehead atoms. The largest absolute Gasteiger partial charge is 0.480 e. The molecule has 11 heavy (non-hydrogen) atoms. The number of carboxylic acids is 1. The van der Waals surface area contributed by atoms with E-state index in [4.69, 9.17) is 10.8 Å². The van der Waals surface area contributed by atoms with Gasteiger partial charge in [0.1, 0.15) is 6.04 Å². The first-order chi connectivity index (χ1) is 5.04. The van der Waals surface area contributed by atoms with Crippen molar-refractivity contribution in [1.29, 1.82) is 0 Å². The lowest BCUT2D eigenvalue weighted by molar-refractivity contribution is -0.138. The fourth-order valence-electron chi connectivity index (χ4n) is 0.605. The molecule has 1 rings (SSSR count). The minimum absolute atomic E-state index is 0.229. The third-order valence-corrected chi connectivity index (χ3v) is 1.32. The molecule has 1 aromatic rings. The molecule has 60 valence electrons. The van der Waals surface area contributed by atoms with E-state index in [1.807, 2.05) is 0 Å². The normalized spacial score (nSPS) is 13.5. The van der Waals surface area contributed by atoms with Gasteiger partial charge in [-0.2, -0.15) is 0 Å². The molecule has 0 saturated heterocycles. The van der Waals surface area contributed by atoms with E-state index in [0.29, 0.717) is 0 Å². The molecule has 3 N–H and O–H groups in total. The fourth-order valence-corrected chi connectivity index (χ4v) is 0.605. The maximum absolute atomic E-state index is 10.3. The Balaban J connectivity index is 2.59. The predicted molar refractivity (Wildman–Crippen MR) is 35.0 cm³/mol. The van der Waals surface area contributed by atoms with Crippen molar-refractivity contribution in [1.82, 2.24) is 4.57 Å². The number of hydrogen-bond donors (Lipinski definition) is 2. The van der Waals surface area contributed by atoms with Gasteiger partial charge in [-0.3, -0.25) is 19.0 Å². The summed E-state index contributed by atoms with van der Waals surface area (Å²) in [6.07, 6.45) is 0. The van der Waals surface area contributed by atoms with Crippen molar-refractivity contribution in [2.24, 2.45) is 5.73 Å². The molecule has 0 radical (unpaired) electrons. The summed E-state index contributed by atoms with van der Waals surface area (Å²) in [7, 11) is 0. The highest BCUT2D eigenvalue weighted by Gasteiger charge is 2.21. The number of nitrogens with zero attached hydrogens (tertiary/aromatic N) is 1. The molecule has 0 aromatic carbocycles. The van der Waals surface area contributed by atoms with Gasteiger partial charge in [-0.05, 0) is 0 Å². The molecule has 0 fully saturated rings. The zero-order valence-corrected chi connectivity index (χ0v) is 5.48. The molecular formula is C5H6N2O4. The Labute approximate surface area is 60.5 Å². The summed E-state index contributed by atoms with van der Waals surface area (Å²) in [6, 6.07) is -1.18. The number of rotatable bonds is 3. The number of aromatic nitrogens is 1. The van der Waals surface area contributed by atoms with Gasteiger partial charge < -0.3 is 10.8 Å². The van der Waals surface area contributed by atoms with Crippen LogP contribution in [0.4, 0.5) is 0 Å². The standard InChI is InChI=1S/C5H6N2O4/c6-2(5(10)11)1-7-3(8)4(7)9/h2H,1,6H2,(H,10,11). The third kappa shape index (κ3) is 1.35. The second-order valence-electron chi connectivity index (χ2n) is 2.17. The average Bonchev–Trinajstić information content (AvgIpc) is 2.45. The number of carboxylic acid groups (broad SMARTS) is 1. The predicted octanol–water partition coefficient (Wildman–Crippen LogP) is -2.50. The van der Waals surface area contributed by atoms with Crippen LogP contribution < -0.4 is 16.9 Å². The Kier molecular flexibility index (Phi) is 1.61. The van der Waals surface area contributed by atoms with E-state index in [-0.39, 0.29) is 6.54 Å². The van der Waals surface area contributed by atoms with E-state index in [1.165, 1.54) is 0 Å². The number of nitrogens with two attached hydrogens (primary N) is 1. The Morgan fingerprint density at radius 2 is 2.00 bits per heavy atom. The second-order valence-corrected chi connectivity index (χ2v) is 2.17. The molecule has 1 heterocycles. The Hall–Kier alpha value is -1.43. The zero-order chi connectivity index (χ0) is 8.59. The summed E-state index contributed by atoms with van der Waals surface area (Å²) in [5.74, 6) is -1.22. The summed E-state index contributed by atoms with van der Waals surface area (Å²) in [4.78, 5) is 30.7. The van der Waals surface area contributed by atoms with Crippen LogP contribution in [0, 0.1) is 0 Å². The molecule has 0 saturated carbocycles. The number of aliphatic carboxylic acids is 1. The van der Waals surface area contributed by atoms with Crippen LogP contribution >= 0.6 is 0 Å². The van der Waals surface area contributed by atoms with E-state index in [2.05, 4.69) is 0 Å². The quantitative estimate of drug-likeness (QED) is 0.473. The van der Waals surface area contributed by atoms with Gasteiger partial charge in [-0.25, -0.2) is 0 Å². The van der Waals surface area contributed by atoms with Crippen molar-refractivity contribution in [3.8, 4) is 0 Å². The van der Waals surface area contributed by atoms with E-state index in [1.54, 1.807) is 0 Å². The Morgan fingerprint density at radius 1 is 1.55 bits per heavy atom. The van der Waals surface area contributed by atoms with Crippen molar-refractivity contribution in [2.45, 2.75) is 12.6 Å². The van der Waals surface area contributed by atoms with Gasteiger partial charge in [0.25, 0.3) is 0 Å². The van der Waals surface area contributed by atoms with E-state index in [9.17, 15) is 14.4 Å². The average molecular weight is 158 g/mol. The lowest BCUT2D eigenvalue weighted by Gasteiger charge is -2.00. The van der Waals surface area contributed by atoms with E-state index < -0.39 is 23.1 Å². The summed E-state index contributed by atoms with van der Waals surface area (Å²) < 4.78 is 0.790. The maximum Gasteiger partial charge on any atom is 0.322 e. The minimum Gasteiger partial charge on any atom is -0.480 e. The van der Waals surface area contributed by atoms with Crippen LogP contribution in [0.5, 0.6) is 0 Å². The fraction of sp³-hybridized carbons (Fsp3) is 0.400. The van der Waals surface area contributed by atoms with Gasteiger partial charge in [-0.15, -0.1) is 0 Å². The summed E-state index contributed by atoms with van der Waals surface area (Å²) >= 11 is 0. The number of hydrogen-bond acceptors (Lipinski definition) is 4. The van der Waals surface area contributed by atoms with Gasteiger partial charge in [0.15, 0.2) is 0 Å². The first kappa shape index (κ1) is 7.67. The van der Waals surface area contributed by atoms with Gasteiger partial charge in [0.2, 0.25) is 0 Å². The van der Waals surface area contributed by atoms with Crippen LogP contribution in [0.3, 0.4) is 0 Å². The SMILES string of the molecule is NC(Cn1c(=O)c1=O)C(=O)O. The van der Waals surface area contributed by atoms with Gasteiger partial charge in [-0.1, -0.05) is 0 Å². The molecule has 1 unspecified atom stereocenters. The first-order valence-corrected chi connectivity index (χ1v) is 2.88. The van der Waals surface area contributed by atoms with Crippen molar-refractivity contribution < 1.29 is 9.90 Å². The number of carbonyl (C=O) groups is 1. The second kappa shape index (κ2) is 2.31. The summed E-state index contributed by atoms with van der Waals surface area (Å²) in [5.41, 5.74) is 3.71. The molecule has 0 spiro atoms. The van der Waals surface area contributed by atoms with Crippen LogP contribution in [-0.2, 0) is 11.3 Å². The van der Waals surface area contributed by atoms with Crippen LogP contribution in [0.1, 0.15) is 0 Å². The maximum atomic E-state index is 10.3. The van der Waals surface area contributed by atoms with Crippen LogP contribution in [0.2, 0.25) is 0 Å². The molecule has 1 aromatic heterocycles. The Bertz CT molecular complexity index is 321. The topological polar surface area (TPSA) is 102 Å². The highest BCUT2D eigenvalue weighted by atomic mass is 16.4. The zero-order valence-electron chi connectivity index (χ0n) is 5.48. The molecule has 0 aliphatic carbocycles. The highest BCUT2D eigenvalue weighted by Crippen LogP contribution is 1.82. The van der Waals surface area contributed by atoms with Crippen molar-refractivity contribution in [3.05, 3.63) is 20.7 Å². The van der Waals surface area contributed by atoms with Gasteiger partial charge >= 0.3 is 17.1 Å². The van der Waals surface area contributed by atoms with Gasteiger partial charge in [0, 0.05) is 0 Å². The molecule has 0 aliphatic rings. The third-order valence-electron chi connectivity index (χ3n) is 1.32. The lowest BCUT2D eigenvalue weighted by Crippen LogP contribution is -2.34. The smallest absolute Gasteiger partial charge is 0.322 e.